The molecule has 134 valence electrons. The predicted molar refractivity (Wildman–Crippen MR) is 96.3 cm³/mol. The van der Waals surface area contributed by atoms with Crippen LogP contribution >= 0.6 is 12.4 Å². The van der Waals surface area contributed by atoms with Gasteiger partial charge >= 0.3 is 0 Å². The highest BCUT2D eigenvalue weighted by atomic mass is 35.5. The molecule has 2 aliphatic rings. The van der Waals surface area contributed by atoms with Gasteiger partial charge in [0.15, 0.2) is 0 Å². The van der Waals surface area contributed by atoms with Crippen LogP contribution < -0.4 is 10.2 Å². The van der Waals surface area contributed by atoms with Gasteiger partial charge in [0.25, 0.3) is 0 Å². The highest BCUT2D eigenvalue weighted by Crippen LogP contribution is 2.31. The summed E-state index contributed by atoms with van der Waals surface area (Å²) in [5.74, 6) is -0.0422. The minimum atomic E-state index is -3.51. The van der Waals surface area contributed by atoms with Gasteiger partial charge in [-0.05, 0) is 43.5 Å². The van der Waals surface area contributed by atoms with Crippen LogP contribution in [0.1, 0.15) is 25.3 Å². The number of nitrogens with one attached hydrogen (secondary N) is 1. The lowest BCUT2D eigenvalue weighted by molar-refractivity contribution is -0.116. The number of fused-ring (bicyclic) bond motifs is 1. The Morgan fingerprint density at radius 3 is 2.67 bits per heavy atom. The van der Waals surface area contributed by atoms with Gasteiger partial charge in [0.05, 0.1) is 4.90 Å². The number of hydrogen-bond acceptors (Lipinski definition) is 4. The van der Waals surface area contributed by atoms with Crippen molar-refractivity contribution in [2.75, 3.05) is 37.6 Å². The fourth-order valence-electron chi connectivity index (χ4n) is 3.25. The minimum absolute atomic E-state index is 0. The van der Waals surface area contributed by atoms with E-state index in [9.17, 15) is 13.2 Å². The highest BCUT2D eigenvalue weighted by Gasteiger charge is 2.28. The molecule has 2 aliphatic heterocycles. The van der Waals surface area contributed by atoms with E-state index in [1.54, 1.807) is 17.0 Å². The third kappa shape index (κ3) is 3.74. The molecule has 2 heterocycles. The van der Waals surface area contributed by atoms with Gasteiger partial charge in [-0.2, -0.15) is 4.31 Å². The van der Waals surface area contributed by atoms with Crippen LogP contribution in [-0.4, -0.2) is 51.4 Å². The van der Waals surface area contributed by atoms with Crippen molar-refractivity contribution in [2.45, 2.75) is 31.1 Å². The Hall–Kier alpha value is -1.15. The summed E-state index contributed by atoms with van der Waals surface area (Å²) in [6.45, 7) is 4.70. The molecule has 0 unspecified atom stereocenters. The number of amides is 1. The highest BCUT2D eigenvalue weighted by molar-refractivity contribution is 7.89. The third-order valence-electron chi connectivity index (χ3n) is 4.49. The average Bonchev–Trinajstić information content (AvgIpc) is 2.83. The second-order valence-corrected chi connectivity index (χ2v) is 8.01. The number of sulfonamides is 1. The Morgan fingerprint density at radius 1 is 1.12 bits per heavy atom. The van der Waals surface area contributed by atoms with Crippen LogP contribution in [0.4, 0.5) is 5.69 Å². The summed E-state index contributed by atoms with van der Waals surface area (Å²) in [6.07, 6.45) is 2.60. The number of halogens is 1. The first-order valence-corrected chi connectivity index (χ1v) is 9.56. The molecule has 1 aromatic carbocycles. The Morgan fingerprint density at radius 2 is 1.92 bits per heavy atom. The lowest BCUT2D eigenvalue weighted by Gasteiger charge is -2.29. The Bertz CT molecular complexity index is 701. The molecule has 0 aliphatic carbocycles. The van der Waals surface area contributed by atoms with E-state index in [1.165, 1.54) is 11.2 Å². The van der Waals surface area contributed by atoms with E-state index in [2.05, 4.69) is 5.32 Å². The van der Waals surface area contributed by atoms with Gasteiger partial charge in [-0.1, -0.05) is 6.07 Å². The maximum Gasteiger partial charge on any atom is 0.243 e. The van der Waals surface area contributed by atoms with Crippen molar-refractivity contribution in [1.29, 1.82) is 0 Å². The quantitative estimate of drug-likeness (QED) is 0.850. The van der Waals surface area contributed by atoms with Crippen molar-refractivity contribution in [3.63, 3.8) is 0 Å². The zero-order valence-corrected chi connectivity index (χ0v) is 15.5. The first-order valence-electron chi connectivity index (χ1n) is 8.12. The predicted octanol–water partition coefficient (Wildman–Crippen LogP) is 1.39. The van der Waals surface area contributed by atoms with E-state index >= 15 is 0 Å². The van der Waals surface area contributed by atoms with Crippen LogP contribution in [0.3, 0.4) is 0 Å². The van der Waals surface area contributed by atoms with Gasteiger partial charge in [-0.3, -0.25) is 4.79 Å². The van der Waals surface area contributed by atoms with Gasteiger partial charge in [0, 0.05) is 38.8 Å². The number of carbonyl (C=O) groups excluding carboxylic acids is 1. The minimum Gasteiger partial charge on any atom is -0.315 e. The number of rotatable bonds is 2. The van der Waals surface area contributed by atoms with E-state index < -0.39 is 10.0 Å². The maximum atomic E-state index is 12.9. The molecule has 1 amide bonds. The average molecular weight is 374 g/mol. The lowest BCUT2D eigenvalue weighted by atomic mass is 10.0. The smallest absolute Gasteiger partial charge is 0.243 e. The standard InChI is InChI=1S/C16H23N3O3S.ClH/c1-13(20)19-10-2-4-14-5-6-15(12-16(14)19)23(21,22)18-9-3-7-17-8-11-18;/h5-6,12,17H,2-4,7-11H2,1H3;1H. The number of nitrogens with zero attached hydrogens (tertiary/aromatic N) is 2. The second kappa shape index (κ2) is 7.82. The molecule has 0 aromatic heterocycles. The number of benzene rings is 1. The van der Waals surface area contributed by atoms with E-state index in [0.717, 1.165) is 37.1 Å². The zero-order chi connectivity index (χ0) is 16.4. The molecule has 8 heteroatoms. The summed E-state index contributed by atoms with van der Waals surface area (Å²) in [7, 11) is -3.51. The lowest BCUT2D eigenvalue weighted by Crippen LogP contribution is -2.36. The fraction of sp³-hybridized carbons (Fsp3) is 0.562. The molecule has 0 bridgehead atoms. The van der Waals surface area contributed by atoms with Crippen molar-refractivity contribution in [2.24, 2.45) is 0 Å². The van der Waals surface area contributed by atoms with E-state index in [1.807, 2.05) is 6.07 Å². The molecule has 0 spiro atoms. The fourth-order valence-corrected chi connectivity index (χ4v) is 4.75. The largest absolute Gasteiger partial charge is 0.315 e. The normalized spacial score (nSPS) is 19.1. The molecular formula is C16H24ClN3O3S. The molecule has 24 heavy (non-hydrogen) atoms. The number of hydrogen-bond donors (Lipinski definition) is 1. The van der Waals surface area contributed by atoms with Crippen LogP contribution in [0.2, 0.25) is 0 Å². The Balaban J connectivity index is 0.00000208. The molecule has 0 saturated carbocycles. The van der Waals surface area contributed by atoms with Gasteiger partial charge in [0.1, 0.15) is 0 Å². The van der Waals surface area contributed by atoms with Gasteiger partial charge < -0.3 is 10.2 Å². The topological polar surface area (TPSA) is 69.7 Å². The summed E-state index contributed by atoms with van der Waals surface area (Å²) in [5, 5.41) is 3.21. The Kier molecular flexibility index (Phi) is 6.25. The van der Waals surface area contributed by atoms with Crippen molar-refractivity contribution in [3.8, 4) is 0 Å². The SMILES string of the molecule is CC(=O)N1CCCc2ccc(S(=O)(=O)N3CCCNCC3)cc21.Cl. The molecule has 1 aromatic rings. The van der Waals surface area contributed by atoms with Gasteiger partial charge in [0.2, 0.25) is 15.9 Å². The van der Waals surface area contributed by atoms with E-state index in [-0.39, 0.29) is 23.2 Å². The first kappa shape index (κ1) is 19.2. The molecule has 1 fully saturated rings. The number of carbonyl (C=O) groups is 1. The van der Waals surface area contributed by atoms with E-state index in [4.69, 9.17) is 0 Å². The summed E-state index contributed by atoms with van der Waals surface area (Å²) >= 11 is 0. The molecule has 1 N–H and O–H groups in total. The Labute approximate surface area is 149 Å². The molecule has 0 radical (unpaired) electrons. The zero-order valence-electron chi connectivity index (χ0n) is 13.8. The van der Waals surface area contributed by atoms with Crippen LogP contribution in [0.5, 0.6) is 0 Å². The van der Waals surface area contributed by atoms with Crippen LogP contribution in [0.25, 0.3) is 0 Å². The molecular weight excluding hydrogens is 350 g/mol. The van der Waals surface area contributed by atoms with Crippen molar-refractivity contribution in [3.05, 3.63) is 23.8 Å². The first-order chi connectivity index (χ1) is 11.0. The summed E-state index contributed by atoms with van der Waals surface area (Å²) in [4.78, 5) is 13.8. The van der Waals surface area contributed by atoms with Crippen molar-refractivity contribution in [1.82, 2.24) is 9.62 Å². The molecule has 1 saturated heterocycles. The van der Waals surface area contributed by atoms with Crippen LogP contribution in [0, 0.1) is 0 Å². The molecule has 0 atom stereocenters. The number of aryl methyl sites for hydroxylation is 1. The summed E-state index contributed by atoms with van der Waals surface area (Å²) in [5.41, 5.74) is 1.79. The summed E-state index contributed by atoms with van der Waals surface area (Å²) in [6, 6.07) is 5.20. The van der Waals surface area contributed by atoms with Gasteiger partial charge in [-0.15, -0.1) is 12.4 Å². The van der Waals surface area contributed by atoms with Crippen molar-refractivity contribution >= 4 is 34.0 Å². The van der Waals surface area contributed by atoms with Crippen LogP contribution in [-0.2, 0) is 21.2 Å². The van der Waals surface area contributed by atoms with Gasteiger partial charge in [-0.25, -0.2) is 8.42 Å². The summed E-state index contributed by atoms with van der Waals surface area (Å²) < 4.78 is 27.3. The monoisotopic (exact) mass is 373 g/mol. The third-order valence-corrected chi connectivity index (χ3v) is 6.39. The maximum absolute atomic E-state index is 12.9. The molecule has 6 nitrogen and oxygen atoms in total. The molecule has 3 rings (SSSR count). The van der Waals surface area contributed by atoms with Crippen molar-refractivity contribution < 1.29 is 13.2 Å². The van der Waals surface area contributed by atoms with Crippen LogP contribution in [0.15, 0.2) is 23.1 Å². The second-order valence-electron chi connectivity index (χ2n) is 6.07. The number of anilines is 1. The van der Waals surface area contributed by atoms with E-state index in [0.29, 0.717) is 26.2 Å².